The molecular formula is C24H28ClNO5. The van der Waals surface area contributed by atoms with Crippen LogP contribution in [0.3, 0.4) is 0 Å². The zero-order chi connectivity index (χ0) is 22.8. The molecule has 0 spiro atoms. The second-order valence-electron chi connectivity index (χ2n) is 6.88. The van der Waals surface area contributed by atoms with Gasteiger partial charge in [-0.25, -0.2) is 4.79 Å². The standard InChI is InChI=1S/C24H28ClNO5/c1-4-26(5-2)24(29)17(3)14-18-10-11-21(22(15-18)31-16-23(27)28)30-13-12-19-8-6-7-9-20(19)25/h6-11,14-15H,4-5,12-13,16H2,1-3H3,(H,27,28)/b17-14-. The number of benzene rings is 2. The Balaban J connectivity index is 2.18. The topological polar surface area (TPSA) is 76.1 Å². The van der Waals surface area contributed by atoms with Crippen LogP contribution in [0.5, 0.6) is 11.5 Å². The number of hydrogen-bond donors (Lipinski definition) is 1. The van der Waals surface area contributed by atoms with Crippen LogP contribution in [-0.4, -0.2) is 48.2 Å². The molecule has 2 aromatic rings. The molecule has 2 aromatic carbocycles. The van der Waals surface area contributed by atoms with Gasteiger partial charge in [-0.2, -0.15) is 0 Å². The molecular weight excluding hydrogens is 418 g/mol. The molecule has 0 radical (unpaired) electrons. The summed E-state index contributed by atoms with van der Waals surface area (Å²) in [6.45, 7) is 6.74. The molecule has 0 aliphatic rings. The van der Waals surface area contributed by atoms with Gasteiger partial charge in [0.1, 0.15) is 0 Å². The number of carbonyl (C=O) groups excluding carboxylic acids is 1. The van der Waals surface area contributed by atoms with Gasteiger partial charge in [0.05, 0.1) is 6.61 Å². The first-order valence-electron chi connectivity index (χ1n) is 10.2. The van der Waals surface area contributed by atoms with Crippen molar-refractivity contribution in [1.82, 2.24) is 4.90 Å². The smallest absolute Gasteiger partial charge is 0.341 e. The summed E-state index contributed by atoms with van der Waals surface area (Å²) in [4.78, 5) is 25.2. The van der Waals surface area contributed by atoms with Crippen LogP contribution in [0.15, 0.2) is 48.0 Å². The van der Waals surface area contributed by atoms with Crippen molar-refractivity contribution in [3.8, 4) is 11.5 Å². The maximum absolute atomic E-state index is 12.5. The highest BCUT2D eigenvalue weighted by atomic mass is 35.5. The number of carboxylic acids is 1. The average Bonchev–Trinajstić information content (AvgIpc) is 2.75. The number of carboxylic acid groups (broad SMARTS) is 1. The first-order chi connectivity index (χ1) is 14.8. The van der Waals surface area contributed by atoms with Gasteiger partial charge in [0.15, 0.2) is 18.1 Å². The molecule has 0 saturated heterocycles. The molecule has 31 heavy (non-hydrogen) atoms. The number of carbonyl (C=O) groups is 2. The van der Waals surface area contributed by atoms with Gasteiger partial charge in [-0.3, -0.25) is 4.79 Å². The lowest BCUT2D eigenvalue weighted by Gasteiger charge is -2.19. The summed E-state index contributed by atoms with van der Waals surface area (Å²) in [5.41, 5.74) is 2.26. The van der Waals surface area contributed by atoms with Crippen molar-refractivity contribution >= 4 is 29.6 Å². The average molecular weight is 446 g/mol. The number of aliphatic carboxylic acids is 1. The SMILES string of the molecule is CCN(CC)C(=O)/C(C)=C\c1ccc(OCCc2ccccc2Cl)c(OCC(=O)O)c1. The molecule has 0 aromatic heterocycles. The quantitative estimate of drug-likeness (QED) is 0.507. The summed E-state index contributed by atoms with van der Waals surface area (Å²) in [5, 5.41) is 9.65. The molecule has 0 heterocycles. The molecule has 166 valence electrons. The molecule has 0 saturated carbocycles. The predicted molar refractivity (Wildman–Crippen MR) is 122 cm³/mol. The predicted octanol–water partition coefficient (Wildman–Crippen LogP) is 4.70. The lowest BCUT2D eigenvalue weighted by atomic mass is 10.1. The minimum atomic E-state index is -1.09. The van der Waals surface area contributed by atoms with Crippen LogP contribution in [0.4, 0.5) is 0 Å². The van der Waals surface area contributed by atoms with E-state index in [0.717, 1.165) is 11.1 Å². The minimum Gasteiger partial charge on any atom is -0.489 e. The zero-order valence-corrected chi connectivity index (χ0v) is 18.8. The number of hydrogen-bond acceptors (Lipinski definition) is 4. The van der Waals surface area contributed by atoms with Crippen molar-refractivity contribution < 1.29 is 24.2 Å². The highest BCUT2D eigenvalue weighted by Crippen LogP contribution is 2.30. The van der Waals surface area contributed by atoms with Crippen LogP contribution in [-0.2, 0) is 16.0 Å². The number of ether oxygens (including phenoxy) is 2. The van der Waals surface area contributed by atoms with Crippen molar-refractivity contribution in [2.75, 3.05) is 26.3 Å². The van der Waals surface area contributed by atoms with Gasteiger partial charge in [0, 0.05) is 30.1 Å². The lowest BCUT2D eigenvalue weighted by molar-refractivity contribution is -0.139. The molecule has 1 amide bonds. The third-order valence-electron chi connectivity index (χ3n) is 4.68. The maximum atomic E-state index is 12.5. The van der Waals surface area contributed by atoms with Crippen molar-refractivity contribution in [3.05, 3.63) is 64.2 Å². The largest absolute Gasteiger partial charge is 0.489 e. The number of rotatable bonds is 11. The first kappa shape index (κ1) is 24.3. The third-order valence-corrected chi connectivity index (χ3v) is 5.05. The molecule has 0 fully saturated rings. The van der Waals surface area contributed by atoms with E-state index in [4.69, 9.17) is 26.2 Å². The number of amides is 1. The van der Waals surface area contributed by atoms with Gasteiger partial charge < -0.3 is 19.5 Å². The van der Waals surface area contributed by atoms with E-state index in [1.807, 2.05) is 38.1 Å². The van der Waals surface area contributed by atoms with E-state index < -0.39 is 12.6 Å². The van der Waals surface area contributed by atoms with E-state index in [9.17, 15) is 9.59 Å². The highest BCUT2D eigenvalue weighted by Gasteiger charge is 2.13. The Morgan fingerprint density at radius 1 is 1.06 bits per heavy atom. The molecule has 0 bridgehead atoms. The summed E-state index contributed by atoms with van der Waals surface area (Å²) >= 11 is 6.18. The van der Waals surface area contributed by atoms with Gasteiger partial charge >= 0.3 is 5.97 Å². The Morgan fingerprint density at radius 3 is 2.42 bits per heavy atom. The molecule has 0 atom stereocenters. The number of likely N-dealkylation sites (N-methyl/N-ethyl adjacent to an activating group) is 1. The van der Waals surface area contributed by atoms with Crippen LogP contribution in [0, 0.1) is 0 Å². The van der Waals surface area contributed by atoms with Crippen LogP contribution in [0.25, 0.3) is 6.08 Å². The summed E-state index contributed by atoms with van der Waals surface area (Å²) < 4.78 is 11.3. The van der Waals surface area contributed by atoms with E-state index >= 15 is 0 Å². The van der Waals surface area contributed by atoms with Crippen molar-refractivity contribution in [1.29, 1.82) is 0 Å². The van der Waals surface area contributed by atoms with Crippen LogP contribution in [0.2, 0.25) is 5.02 Å². The van der Waals surface area contributed by atoms with Crippen molar-refractivity contribution in [3.63, 3.8) is 0 Å². The van der Waals surface area contributed by atoms with E-state index in [1.165, 1.54) is 0 Å². The summed E-state index contributed by atoms with van der Waals surface area (Å²) in [7, 11) is 0. The van der Waals surface area contributed by atoms with E-state index in [-0.39, 0.29) is 5.91 Å². The Bertz CT molecular complexity index is 937. The Hall–Kier alpha value is -2.99. The fraction of sp³-hybridized carbons (Fsp3) is 0.333. The maximum Gasteiger partial charge on any atom is 0.341 e. The van der Waals surface area contributed by atoms with Gasteiger partial charge in [0.2, 0.25) is 5.91 Å². The lowest BCUT2D eigenvalue weighted by Crippen LogP contribution is -2.30. The normalized spacial score (nSPS) is 11.2. The van der Waals surface area contributed by atoms with E-state index in [1.54, 1.807) is 36.1 Å². The summed E-state index contributed by atoms with van der Waals surface area (Å²) in [6.07, 6.45) is 2.35. The van der Waals surface area contributed by atoms with Crippen LogP contribution in [0.1, 0.15) is 31.9 Å². The number of halogens is 1. The van der Waals surface area contributed by atoms with E-state index in [0.29, 0.717) is 48.2 Å². The summed E-state index contributed by atoms with van der Waals surface area (Å²) in [6, 6.07) is 12.7. The molecule has 7 heteroatoms. The van der Waals surface area contributed by atoms with Crippen molar-refractivity contribution in [2.45, 2.75) is 27.2 Å². The van der Waals surface area contributed by atoms with Gasteiger partial charge in [0.25, 0.3) is 0 Å². The third kappa shape index (κ3) is 7.33. The molecule has 2 rings (SSSR count). The molecule has 0 aliphatic carbocycles. The van der Waals surface area contributed by atoms with Gasteiger partial charge in [-0.1, -0.05) is 35.9 Å². The zero-order valence-electron chi connectivity index (χ0n) is 18.1. The number of nitrogens with zero attached hydrogens (tertiary/aromatic N) is 1. The second-order valence-corrected chi connectivity index (χ2v) is 7.29. The minimum absolute atomic E-state index is 0.0435. The van der Waals surface area contributed by atoms with Gasteiger partial charge in [-0.15, -0.1) is 0 Å². The highest BCUT2D eigenvalue weighted by molar-refractivity contribution is 6.31. The molecule has 0 aliphatic heterocycles. The van der Waals surface area contributed by atoms with E-state index in [2.05, 4.69) is 0 Å². The molecule has 6 nitrogen and oxygen atoms in total. The Morgan fingerprint density at radius 2 is 1.77 bits per heavy atom. The van der Waals surface area contributed by atoms with Gasteiger partial charge in [-0.05, 0) is 56.2 Å². The van der Waals surface area contributed by atoms with Crippen molar-refractivity contribution in [2.24, 2.45) is 0 Å². The Kier molecular flexibility index (Phi) is 9.40. The fourth-order valence-electron chi connectivity index (χ4n) is 3.03. The molecule has 1 N–H and O–H groups in total. The molecule has 0 unspecified atom stereocenters. The fourth-order valence-corrected chi connectivity index (χ4v) is 3.26. The Labute approximate surface area is 188 Å². The first-order valence-corrected chi connectivity index (χ1v) is 10.6. The monoisotopic (exact) mass is 445 g/mol. The van der Waals surface area contributed by atoms with Crippen LogP contribution < -0.4 is 9.47 Å². The second kappa shape index (κ2) is 12.0. The summed E-state index contributed by atoms with van der Waals surface area (Å²) in [5.74, 6) is -0.398. The van der Waals surface area contributed by atoms with Crippen LogP contribution >= 0.6 is 11.6 Å².